The average Bonchev–Trinajstić information content (AvgIpc) is 2.70. The average molecular weight is 371 g/mol. The Hall–Kier alpha value is -4.07. The van der Waals surface area contributed by atoms with E-state index in [1.54, 1.807) is 48.8 Å². The van der Waals surface area contributed by atoms with E-state index in [4.69, 9.17) is 0 Å². The van der Waals surface area contributed by atoms with Crippen molar-refractivity contribution in [1.82, 2.24) is 24.9 Å². The molecule has 0 aliphatic rings. The maximum Gasteiger partial charge on any atom is 0.229 e. The lowest BCUT2D eigenvalue weighted by molar-refractivity contribution is 0.475. The lowest BCUT2D eigenvalue weighted by atomic mass is 10.3. The first-order valence-corrected chi connectivity index (χ1v) is 8.59. The first-order valence-electron chi connectivity index (χ1n) is 8.59. The number of aromatic hydroxyl groups is 1. The normalized spacial score (nSPS) is 10.5. The molecule has 1 aromatic carbocycles. The molecule has 4 aromatic rings. The van der Waals surface area contributed by atoms with E-state index >= 15 is 0 Å². The lowest BCUT2D eigenvalue weighted by Gasteiger charge is -2.09. The summed E-state index contributed by atoms with van der Waals surface area (Å²) in [5, 5.41) is 15.6. The van der Waals surface area contributed by atoms with Crippen LogP contribution in [0.4, 0.5) is 23.3 Å². The summed E-state index contributed by atoms with van der Waals surface area (Å²) in [6.07, 6.45) is 3.31. The highest BCUT2D eigenvalue weighted by Crippen LogP contribution is 2.20. The fraction of sp³-hybridized carbons (Fsp3) is 0.0500. The zero-order chi connectivity index (χ0) is 19.3. The number of hydrogen-bond acceptors (Lipinski definition) is 8. The van der Waals surface area contributed by atoms with Gasteiger partial charge in [0.15, 0.2) is 5.82 Å². The van der Waals surface area contributed by atoms with E-state index < -0.39 is 0 Å². The van der Waals surface area contributed by atoms with Crippen molar-refractivity contribution in [3.05, 3.63) is 72.7 Å². The van der Waals surface area contributed by atoms with Gasteiger partial charge in [-0.25, -0.2) is 19.9 Å². The molecule has 0 atom stereocenters. The van der Waals surface area contributed by atoms with Gasteiger partial charge in [0, 0.05) is 23.8 Å². The van der Waals surface area contributed by atoms with Crippen molar-refractivity contribution < 1.29 is 5.11 Å². The molecule has 4 rings (SSSR count). The third-order valence-corrected chi connectivity index (χ3v) is 3.81. The highest BCUT2D eigenvalue weighted by molar-refractivity contribution is 5.59. The van der Waals surface area contributed by atoms with Crippen molar-refractivity contribution in [1.29, 1.82) is 0 Å². The Morgan fingerprint density at radius 2 is 1.50 bits per heavy atom. The molecule has 3 N–H and O–H groups in total. The van der Waals surface area contributed by atoms with Crippen LogP contribution in [0.3, 0.4) is 0 Å². The topological polar surface area (TPSA) is 109 Å². The molecule has 3 heterocycles. The molecule has 3 aromatic heterocycles. The number of anilines is 4. The summed E-state index contributed by atoms with van der Waals surface area (Å²) >= 11 is 0. The monoisotopic (exact) mass is 371 g/mol. The van der Waals surface area contributed by atoms with E-state index in [0.717, 1.165) is 11.4 Å². The quantitative estimate of drug-likeness (QED) is 0.454. The molecule has 0 bridgehead atoms. The number of aryl methyl sites for hydroxylation is 1. The van der Waals surface area contributed by atoms with Gasteiger partial charge in [-0.1, -0.05) is 6.07 Å². The molecule has 0 spiro atoms. The Bertz CT molecular complexity index is 1100. The van der Waals surface area contributed by atoms with Crippen LogP contribution >= 0.6 is 0 Å². The minimum absolute atomic E-state index is 0.199. The van der Waals surface area contributed by atoms with Crippen LogP contribution in [-0.4, -0.2) is 30.0 Å². The fourth-order valence-corrected chi connectivity index (χ4v) is 2.51. The van der Waals surface area contributed by atoms with Crippen LogP contribution in [0.1, 0.15) is 5.69 Å². The summed E-state index contributed by atoms with van der Waals surface area (Å²) < 4.78 is 0. The number of nitrogens with one attached hydrogen (secondary N) is 2. The number of pyridine rings is 1. The maximum atomic E-state index is 9.37. The Balaban J connectivity index is 1.53. The van der Waals surface area contributed by atoms with Crippen molar-refractivity contribution >= 4 is 23.3 Å². The van der Waals surface area contributed by atoms with E-state index in [-0.39, 0.29) is 5.75 Å². The van der Waals surface area contributed by atoms with Crippen LogP contribution in [0.5, 0.6) is 5.75 Å². The van der Waals surface area contributed by atoms with Crippen LogP contribution in [0.2, 0.25) is 0 Å². The summed E-state index contributed by atoms with van der Waals surface area (Å²) in [7, 11) is 0. The van der Waals surface area contributed by atoms with Crippen molar-refractivity contribution in [3.63, 3.8) is 0 Å². The van der Waals surface area contributed by atoms with Gasteiger partial charge in [-0.05, 0) is 55.5 Å². The molecule has 0 fully saturated rings. The molecule has 8 nitrogen and oxygen atoms in total. The Labute approximate surface area is 161 Å². The molecule has 28 heavy (non-hydrogen) atoms. The fourth-order valence-electron chi connectivity index (χ4n) is 2.51. The maximum absolute atomic E-state index is 9.37. The Morgan fingerprint density at radius 1 is 0.750 bits per heavy atom. The molecular weight excluding hydrogens is 354 g/mol. The van der Waals surface area contributed by atoms with Gasteiger partial charge in [-0.2, -0.15) is 4.98 Å². The molecule has 0 aliphatic heterocycles. The number of hydrogen-bond donors (Lipinski definition) is 3. The summed E-state index contributed by atoms with van der Waals surface area (Å²) in [6.45, 7) is 1.93. The zero-order valence-electron chi connectivity index (χ0n) is 15.0. The van der Waals surface area contributed by atoms with Crippen molar-refractivity contribution in [2.45, 2.75) is 6.92 Å². The number of phenols is 1. The summed E-state index contributed by atoms with van der Waals surface area (Å²) in [6, 6.07) is 15.9. The van der Waals surface area contributed by atoms with Crippen molar-refractivity contribution in [2.24, 2.45) is 0 Å². The molecule has 0 saturated heterocycles. The molecule has 0 radical (unpaired) electrons. The zero-order valence-corrected chi connectivity index (χ0v) is 15.0. The minimum atomic E-state index is 0.199. The van der Waals surface area contributed by atoms with E-state index in [1.165, 1.54) is 0 Å². The van der Waals surface area contributed by atoms with Crippen LogP contribution in [0, 0.1) is 6.92 Å². The molecule has 8 heteroatoms. The molecule has 0 unspecified atom stereocenters. The van der Waals surface area contributed by atoms with Crippen LogP contribution in [0.15, 0.2) is 67.0 Å². The van der Waals surface area contributed by atoms with Crippen molar-refractivity contribution in [3.8, 4) is 17.3 Å². The lowest BCUT2D eigenvalue weighted by Crippen LogP contribution is -2.02. The number of nitrogens with zero attached hydrogens (tertiary/aromatic N) is 5. The summed E-state index contributed by atoms with van der Waals surface area (Å²) in [5.41, 5.74) is 2.38. The van der Waals surface area contributed by atoms with Crippen LogP contribution in [-0.2, 0) is 0 Å². The second-order valence-electron chi connectivity index (χ2n) is 5.99. The Morgan fingerprint density at radius 3 is 2.29 bits per heavy atom. The number of rotatable bonds is 5. The summed E-state index contributed by atoms with van der Waals surface area (Å²) in [5.74, 6) is 2.33. The number of aromatic nitrogens is 5. The predicted molar refractivity (Wildman–Crippen MR) is 107 cm³/mol. The Kier molecular flexibility index (Phi) is 4.75. The van der Waals surface area contributed by atoms with Gasteiger partial charge >= 0.3 is 0 Å². The van der Waals surface area contributed by atoms with E-state index in [1.807, 2.05) is 25.1 Å². The molecule has 0 saturated carbocycles. The minimum Gasteiger partial charge on any atom is -0.508 e. The standard InChI is InChI=1S/C20H17N7O/c1-13-3-2-4-16(23-13)19-21-11-9-17(26-19)25-18-10-12-22-20(27-18)24-14-5-7-15(28)8-6-14/h2-12,28H,1H3,(H2,21,22,24,25,26,27). The second-order valence-corrected chi connectivity index (χ2v) is 5.99. The van der Waals surface area contributed by atoms with Gasteiger partial charge in [0.2, 0.25) is 5.95 Å². The van der Waals surface area contributed by atoms with E-state index in [9.17, 15) is 5.11 Å². The van der Waals surface area contributed by atoms with Gasteiger partial charge in [-0.15, -0.1) is 0 Å². The molecule has 0 aliphatic carbocycles. The first kappa shape index (κ1) is 17.3. The smallest absolute Gasteiger partial charge is 0.229 e. The van der Waals surface area contributed by atoms with Gasteiger partial charge in [0.05, 0.1) is 0 Å². The highest BCUT2D eigenvalue weighted by atomic mass is 16.3. The van der Waals surface area contributed by atoms with Gasteiger partial charge in [0.25, 0.3) is 0 Å². The molecule has 0 amide bonds. The van der Waals surface area contributed by atoms with Gasteiger partial charge in [-0.3, -0.25) is 0 Å². The molecular formula is C20H17N7O. The third kappa shape index (κ3) is 4.18. The largest absolute Gasteiger partial charge is 0.508 e. The second kappa shape index (κ2) is 7.67. The first-order chi connectivity index (χ1) is 13.7. The summed E-state index contributed by atoms with van der Waals surface area (Å²) in [4.78, 5) is 21.9. The predicted octanol–water partition coefficient (Wildman–Crippen LogP) is 3.83. The van der Waals surface area contributed by atoms with Crippen LogP contribution in [0.25, 0.3) is 11.5 Å². The number of benzene rings is 1. The van der Waals surface area contributed by atoms with Gasteiger partial charge in [0.1, 0.15) is 23.1 Å². The van der Waals surface area contributed by atoms with Crippen LogP contribution < -0.4 is 10.6 Å². The van der Waals surface area contributed by atoms with Gasteiger partial charge < -0.3 is 15.7 Å². The number of phenolic OH excluding ortho intramolecular Hbond substituents is 1. The SMILES string of the molecule is Cc1cccc(-c2nccc(Nc3ccnc(Nc4ccc(O)cc4)n3)n2)n1. The van der Waals surface area contributed by atoms with E-state index in [0.29, 0.717) is 29.1 Å². The molecule has 138 valence electrons. The van der Waals surface area contributed by atoms with E-state index in [2.05, 4.69) is 35.6 Å². The highest BCUT2D eigenvalue weighted by Gasteiger charge is 2.06. The van der Waals surface area contributed by atoms with Crippen molar-refractivity contribution in [2.75, 3.05) is 10.6 Å². The third-order valence-electron chi connectivity index (χ3n) is 3.81.